The van der Waals surface area contributed by atoms with E-state index in [2.05, 4.69) is 25.2 Å². The van der Waals surface area contributed by atoms with Crippen molar-refractivity contribution in [2.24, 2.45) is 0 Å². The van der Waals surface area contributed by atoms with Crippen LogP contribution in [0.5, 0.6) is 11.5 Å². The fraction of sp³-hybridized carbons (Fsp3) is 0.167. The van der Waals surface area contributed by atoms with Gasteiger partial charge in [0, 0.05) is 11.3 Å². The number of aromatic amines is 1. The Kier molecular flexibility index (Phi) is 5.30. The molecule has 0 fully saturated rings. The van der Waals surface area contributed by atoms with Gasteiger partial charge < -0.3 is 14.8 Å². The van der Waals surface area contributed by atoms with Gasteiger partial charge in [0.1, 0.15) is 5.82 Å². The number of methoxy groups -OCH3 is 1. The summed E-state index contributed by atoms with van der Waals surface area (Å²) in [5.41, 5.74) is 1.17. The molecule has 3 aromatic rings. The largest absolute Gasteiger partial charge is 0.493 e. The van der Waals surface area contributed by atoms with Crippen molar-refractivity contribution in [1.82, 2.24) is 15.2 Å². The van der Waals surface area contributed by atoms with Gasteiger partial charge in [0.2, 0.25) is 0 Å². The molecule has 2 N–H and O–H groups in total. The number of halogens is 2. The molecule has 0 unspecified atom stereocenters. The molecule has 0 saturated heterocycles. The van der Waals surface area contributed by atoms with Crippen molar-refractivity contribution in [1.29, 1.82) is 0 Å². The number of amides is 1. The number of ether oxygens (including phenoxy) is 2. The number of anilines is 1. The number of carbonyl (C=O) groups is 1. The molecule has 0 atom stereocenters. The minimum absolute atomic E-state index is 0.0401. The number of aromatic nitrogens is 3. The van der Waals surface area contributed by atoms with E-state index in [1.165, 1.54) is 25.3 Å². The van der Waals surface area contributed by atoms with Gasteiger partial charge in [-0.1, -0.05) is 6.07 Å². The second-order valence-electron chi connectivity index (χ2n) is 5.49. The first kappa shape index (κ1) is 18.3. The van der Waals surface area contributed by atoms with Crippen LogP contribution in [0.2, 0.25) is 0 Å². The zero-order valence-corrected chi connectivity index (χ0v) is 14.5. The summed E-state index contributed by atoms with van der Waals surface area (Å²) in [5, 5.41) is 9.45. The number of aryl methyl sites for hydroxylation is 1. The molecule has 27 heavy (non-hydrogen) atoms. The fourth-order valence-corrected chi connectivity index (χ4v) is 2.44. The molecule has 7 nitrogen and oxygen atoms in total. The van der Waals surface area contributed by atoms with Crippen molar-refractivity contribution in [3.8, 4) is 22.9 Å². The van der Waals surface area contributed by atoms with E-state index in [0.29, 0.717) is 17.3 Å². The predicted molar refractivity (Wildman–Crippen MR) is 94.1 cm³/mol. The first-order valence-corrected chi connectivity index (χ1v) is 7.90. The van der Waals surface area contributed by atoms with E-state index in [-0.39, 0.29) is 17.1 Å². The van der Waals surface area contributed by atoms with E-state index in [0.717, 1.165) is 5.56 Å². The quantitative estimate of drug-likeness (QED) is 0.688. The number of carbonyl (C=O) groups excluding carboxylic acids is 1. The summed E-state index contributed by atoms with van der Waals surface area (Å²) in [5.74, 6) is 0.336. The van der Waals surface area contributed by atoms with Crippen molar-refractivity contribution < 1.29 is 23.0 Å². The maximum Gasteiger partial charge on any atom is 0.387 e. The van der Waals surface area contributed by atoms with Crippen LogP contribution in [0.25, 0.3) is 11.4 Å². The molecule has 1 aromatic heterocycles. The minimum Gasteiger partial charge on any atom is -0.493 e. The van der Waals surface area contributed by atoms with Crippen LogP contribution >= 0.6 is 0 Å². The molecular formula is C18H16F2N4O3. The Labute approximate surface area is 153 Å². The molecule has 0 radical (unpaired) electrons. The van der Waals surface area contributed by atoms with Crippen molar-refractivity contribution in [3.05, 3.63) is 53.9 Å². The molecule has 0 aliphatic heterocycles. The lowest BCUT2D eigenvalue weighted by molar-refractivity contribution is -0.0515. The smallest absolute Gasteiger partial charge is 0.387 e. The maximum absolute atomic E-state index is 12.7. The van der Waals surface area contributed by atoms with Crippen LogP contribution in [-0.2, 0) is 0 Å². The van der Waals surface area contributed by atoms with Gasteiger partial charge in [-0.15, -0.1) is 0 Å². The summed E-state index contributed by atoms with van der Waals surface area (Å²) in [4.78, 5) is 16.7. The second kappa shape index (κ2) is 7.81. The van der Waals surface area contributed by atoms with Crippen LogP contribution < -0.4 is 14.8 Å². The van der Waals surface area contributed by atoms with Gasteiger partial charge in [-0.3, -0.25) is 9.89 Å². The van der Waals surface area contributed by atoms with Crippen LogP contribution in [0.3, 0.4) is 0 Å². The third kappa shape index (κ3) is 4.20. The molecule has 1 amide bonds. The Balaban J connectivity index is 1.81. The Morgan fingerprint density at radius 1 is 1.19 bits per heavy atom. The summed E-state index contributed by atoms with van der Waals surface area (Å²) in [6.45, 7) is -1.30. The number of nitrogens with zero attached hydrogens (tertiary/aromatic N) is 2. The van der Waals surface area contributed by atoms with Crippen molar-refractivity contribution in [2.75, 3.05) is 12.4 Å². The maximum atomic E-state index is 12.7. The highest BCUT2D eigenvalue weighted by Crippen LogP contribution is 2.33. The lowest BCUT2D eigenvalue weighted by atomic mass is 10.1. The molecule has 9 heteroatoms. The van der Waals surface area contributed by atoms with Crippen LogP contribution in [0.4, 0.5) is 14.5 Å². The topological polar surface area (TPSA) is 89.1 Å². The Bertz CT molecular complexity index is 942. The summed E-state index contributed by atoms with van der Waals surface area (Å²) >= 11 is 0. The number of alkyl halides is 2. The van der Waals surface area contributed by atoms with E-state index in [1.54, 1.807) is 31.2 Å². The summed E-state index contributed by atoms with van der Waals surface area (Å²) in [7, 11) is 1.30. The number of H-pyrrole nitrogens is 1. The second-order valence-corrected chi connectivity index (χ2v) is 5.49. The zero-order chi connectivity index (χ0) is 19.4. The van der Waals surface area contributed by atoms with E-state index >= 15 is 0 Å². The summed E-state index contributed by atoms with van der Waals surface area (Å²) in [6, 6.07) is 11.1. The van der Waals surface area contributed by atoms with Gasteiger partial charge >= 0.3 is 6.61 Å². The van der Waals surface area contributed by atoms with Gasteiger partial charge in [-0.25, -0.2) is 4.98 Å². The van der Waals surface area contributed by atoms with Gasteiger partial charge in [-0.2, -0.15) is 13.9 Å². The summed E-state index contributed by atoms with van der Waals surface area (Å²) < 4.78 is 34.8. The first-order chi connectivity index (χ1) is 13.0. The molecule has 2 aromatic carbocycles. The van der Waals surface area contributed by atoms with E-state index in [4.69, 9.17) is 4.74 Å². The average Bonchev–Trinajstić information content (AvgIpc) is 3.08. The zero-order valence-electron chi connectivity index (χ0n) is 14.5. The number of hydrogen-bond donors (Lipinski definition) is 2. The highest BCUT2D eigenvalue weighted by molar-refractivity contribution is 6.06. The molecule has 3 rings (SSSR count). The third-order valence-electron chi connectivity index (χ3n) is 3.65. The number of nitrogens with one attached hydrogen (secondary N) is 2. The van der Waals surface area contributed by atoms with Gasteiger partial charge in [0.25, 0.3) is 5.91 Å². The lowest BCUT2D eigenvalue weighted by Crippen LogP contribution is -2.15. The van der Waals surface area contributed by atoms with Crippen molar-refractivity contribution in [2.45, 2.75) is 13.5 Å². The lowest BCUT2D eigenvalue weighted by Gasteiger charge is -2.14. The molecule has 0 saturated carbocycles. The predicted octanol–water partition coefficient (Wildman–Crippen LogP) is 3.64. The van der Waals surface area contributed by atoms with Crippen LogP contribution in [-0.4, -0.2) is 34.8 Å². The highest BCUT2D eigenvalue weighted by Gasteiger charge is 2.20. The Hall–Kier alpha value is -3.49. The van der Waals surface area contributed by atoms with Crippen LogP contribution in [0.15, 0.2) is 42.5 Å². The van der Waals surface area contributed by atoms with Crippen LogP contribution in [0, 0.1) is 6.92 Å². The van der Waals surface area contributed by atoms with Gasteiger partial charge in [0.05, 0.1) is 12.7 Å². The van der Waals surface area contributed by atoms with Crippen molar-refractivity contribution in [3.63, 3.8) is 0 Å². The molecule has 0 bridgehead atoms. The number of rotatable bonds is 6. The molecule has 1 heterocycles. The molecular weight excluding hydrogens is 358 g/mol. The van der Waals surface area contributed by atoms with Gasteiger partial charge in [0.15, 0.2) is 17.3 Å². The third-order valence-corrected chi connectivity index (χ3v) is 3.65. The van der Waals surface area contributed by atoms with Gasteiger partial charge in [-0.05, 0) is 43.3 Å². The first-order valence-electron chi connectivity index (χ1n) is 7.90. The number of para-hydroxylation sites is 1. The molecule has 140 valence electrons. The number of hydrogen-bond acceptors (Lipinski definition) is 5. The minimum atomic E-state index is -3.09. The Morgan fingerprint density at radius 2 is 1.93 bits per heavy atom. The fourth-order valence-electron chi connectivity index (χ4n) is 2.44. The average molecular weight is 374 g/mol. The molecule has 0 spiro atoms. The van der Waals surface area contributed by atoms with E-state index in [9.17, 15) is 13.6 Å². The van der Waals surface area contributed by atoms with E-state index in [1.807, 2.05) is 0 Å². The monoisotopic (exact) mass is 374 g/mol. The Morgan fingerprint density at radius 3 is 2.52 bits per heavy atom. The van der Waals surface area contributed by atoms with Crippen molar-refractivity contribution >= 4 is 11.6 Å². The standard InChI is InChI=1S/C18H16F2N4O3/c1-10-21-16(24-23-10)11-6-8-12(9-7-11)22-17(25)13-4-3-5-14(26-2)15(13)27-18(19)20/h3-9,18H,1-2H3,(H,22,25)(H,21,23,24). The normalized spacial score (nSPS) is 10.7. The molecule has 0 aliphatic carbocycles. The van der Waals surface area contributed by atoms with Crippen LogP contribution in [0.1, 0.15) is 16.2 Å². The summed E-state index contributed by atoms with van der Waals surface area (Å²) in [6.07, 6.45) is 0. The number of benzene rings is 2. The highest BCUT2D eigenvalue weighted by atomic mass is 19.3. The van der Waals surface area contributed by atoms with E-state index < -0.39 is 12.5 Å². The molecule has 0 aliphatic rings. The SMILES string of the molecule is COc1cccc(C(=O)Nc2ccc(-c3n[nH]c(C)n3)cc2)c1OC(F)F.